The summed E-state index contributed by atoms with van der Waals surface area (Å²) >= 11 is 0. The number of rotatable bonds is 3. The molecule has 0 aliphatic rings. The van der Waals surface area contributed by atoms with E-state index in [1.165, 1.54) is 7.11 Å². The molecule has 2 aromatic heterocycles. The van der Waals surface area contributed by atoms with Crippen LogP contribution in [0.5, 0.6) is 5.88 Å². The van der Waals surface area contributed by atoms with Crippen molar-refractivity contribution in [2.45, 2.75) is 6.18 Å². The van der Waals surface area contributed by atoms with Crippen LogP contribution in [0.25, 0.3) is 5.82 Å². The van der Waals surface area contributed by atoms with Gasteiger partial charge in [-0.25, -0.2) is 19.4 Å². The Morgan fingerprint density at radius 2 is 2.05 bits per heavy atom. The fraction of sp³-hybridized carbons (Fsp3) is 0.200. The minimum Gasteiger partial charge on any atom is -0.479 e. The first-order chi connectivity index (χ1) is 9.32. The highest BCUT2D eigenvalue weighted by molar-refractivity contribution is 5.90. The van der Waals surface area contributed by atoms with E-state index in [0.717, 1.165) is 17.1 Å². The van der Waals surface area contributed by atoms with Gasteiger partial charge in [0.25, 0.3) is 0 Å². The van der Waals surface area contributed by atoms with E-state index in [-0.39, 0.29) is 17.3 Å². The van der Waals surface area contributed by atoms with Crippen LogP contribution in [0.3, 0.4) is 0 Å². The standard InChI is InChI=1S/C10H7F3N4O3/c1-20-8-5(9(18)19)4-17(16-8)7-3-14-6(2-15-7)10(11,12)13/h2-4H,1H3,(H,18,19). The van der Waals surface area contributed by atoms with Gasteiger partial charge in [-0.15, -0.1) is 5.10 Å². The molecule has 0 fully saturated rings. The number of halogens is 3. The average molecular weight is 288 g/mol. The lowest BCUT2D eigenvalue weighted by atomic mass is 10.3. The topological polar surface area (TPSA) is 90.1 Å². The number of aromatic nitrogens is 4. The Morgan fingerprint density at radius 1 is 1.35 bits per heavy atom. The van der Waals surface area contributed by atoms with E-state index >= 15 is 0 Å². The second-order valence-electron chi connectivity index (χ2n) is 3.56. The Kier molecular flexibility index (Phi) is 3.30. The summed E-state index contributed by atoms with van der Waals surface area (Å²) in [4.78, 5) is 17.6. The molecule has 2 heterocycles. The minimum atomic E-state index is -4.60. The summed E-state index contributed by atoms with van der Waals surface area (Å²) in [6.07, 6.45) is -2.16. The van der Waals surface area contributed by atoms with Gasteiger partial charge in [-0.3, -0.25) is 0 Å². The molecule has 0 atom stereocenters. The van der Waals surface area contributed by atoms with Gasteiger partial charge in [0.1, 0.15) is 5.56 Å². The van der Waals surface area contributed by atoms with Gasteiger partial charge in [0, 0.05) is 0 Å². The second kappa shape index (κ2) is 4.79. The number of hydrogen-bond acceptors (Lipinski definition) is 5. The average Bonchev–Trinajstić information content (AvgIpc) is 2.82. The molecule has 10 heteroatoms. The van der Waals surface area contributed by atoms with E-state index in [9.17, 15) is 18.0 Å². The van der Waals surface area contributed by atoms with Crippen LogP contribution in [-0.2, 0) is 6.18 Å². The summed E-state index contributed by atoms with van der Waals surface area (Å²) in [5.41, 5.74) is -1.40. The van der Waals surface area contributed by atoms with Crippen molar-refractivity contribution < 1.29 is 27.8 Å². The molecule has 2 rings (SSSR count). The third-order valence-corrected chi connectivity index (χ3v) is 2.27. The van der Waals surface area contributed by atoms with Crippen LogP contribution in [0.15, 0.2) is 18.6 Å². The molecule has 0 aliphatic carbocycles. The summed E-state index contributed by atoms with van der Waals surface area (Å²) in [6, 6.07) is 0. The fourth-order valence-corrected chi connectivity index (χ4v) is 1.36. The van der Waals surface area contributed by atoms with Gasteiger partial charge in [0.15, 0.2) is 11.5 Å². The molecule has 0 radical (unpaired) electrons. The third-order valence-electron chi connectivity index (χ3n) is 2.27. The van der Waals surface area contributed by atoms with Gasteiger partial charge < -0.3 is 9.84 Å². The van der Waals surface area contributed by atoms with Crippen LogP contribution >= 0.6 is 0 Å². The molecule has 0 aliphatic heterocycles. The molecule has 1 N–H and O–H groups in total. The number of hydrogen-bond donors (Lipinski definition) is 1. The molecule has 2 aromatic rings. The summed E-state index contributed by atoms with van der Waals surface area (Å²) in [5, 5.41) is 12.6. The molecule has 0 saturated carbocycles. The Hall–Kier alpha value is -2.65. The maximum absolute atomic E-state index is 12.3. The summed E-state index contributed by atoms with van der Waals surface area (Å²) in [5.74, 6) is -1.53. The van der Waals surface area contributed by atoms with E-state index in [1.54, 1.807) is 0 Å². The van der Waals surface area contributed by atoms with Crippen LogP contribution in [0.2, 0.25) is 0 Å². The van der Waals surface area contributed by atoms with Crippen molar-refractivity contribution in [2.75, 3.05) is 7.11 Å². The number of nitrogens with zero attached hydrogens (tertiary/aromatic N) is 4. The van der Waals surface area contributed by atoms with Gasteiger partial charge >= 0.3 is 12.1 Å². The van der Waals surface area contributed by atoms with E-state index in [4.69, 9.17) is 9.84 Å². The highest BCUT2D eigenvalue weighted by Gasteiger charge is 2.32. The van der Waals surface area contributed by atoms with Gasteiger partial charge in [0.05, 0.1) is 25.7 Å². The Balaban J connectivity index is 2.39. The summed E-state index contributed by atoms with van der Waals surface area (Å²) in [6.45, 7) is 0. The van der Waals surface area contributed by atoms with Crippen LogP contribution in [0.1, 0.15) is 16.1 Å². The maximum Gasteiger partial charge on any atom is 0.434 e. The highest BCUT2D eigenvalue weighted by atomic mass is 19.4. The SMILES string of the molecule is COc1nn(-c2cnc(C(F)(F)F)cn2)cc1C(=O)O. The zero-order chi connectivity index (χ0) is 14.9. The van der Waals surface area contributed by atoms with E-state index in [2.05, 4.69) is 15.1 Å². The van der Waals surface area contributed by atoms with Crippen molar-refractivity contribution in [3.63, 3.8) is 0 Å². The third kappa shape index (κ3) is 2.53. The Bertz CT molecular complexity index is 636. The van der Waals surface area contributed by atoms with Crippen LogP contribution < -0.4 is 4.74 Å². The van der Waals surface area contributed by atoms with Gasteiger partial charge in [-0.05, 0) is 0 Å². The number of ether oxygens (including phenoxy) is 1. The number of aromatic carboxylic acids is 1. The number of carboxylic acid groups (broad SMARTS) is 1. The Morgan fingerprint density at radius 3 is 2.45 bits per heavy atom. The molecule has 20 heavy (non-hydrogen) atoms. The van der Waals surface area contributed by atoms with Gasteiger partial charge in [-0.2, -0.15) is 13.2 Å². The number of alkyl halides is 3. The molecule has 106 valence electrons. The normalized spacial score (nSPS) is 11.4. The number of methoxy groups -OCH3 is 1. The highest BCUT2D eigenvalue weighted by Crippen LogP contribution is 2.27. The maximum atomic E-state index is 12.3. The molecule has 0 bridgehead atoms. The predicted molar refractivity (Wildman–Crippen MR) is 57.7 cm³/mol. The minimum absolute atomic E-state index is 0.0659. The molecule has 0 unspecified atom stereocenters. The zero-order valence-corrected chi connectivity index (χ0v) is 9.92. The quantitative estimate of drug-likeness (QED) is 0.917. The van der Waals surface area contributed by atoms with Crippen molar-refractivity contribution in [2.24, 2.45) is 0 Å². The molecular formula is C10H7F3N4O3. The van der Waals surface area contributed by atoms with Crippen LogP contribution in [-0.4, -0.2) is 37.9 Å². The number of carbonyl (C=O) groups is 1. The molecular weight excluding hydrogens is 281 g/mol. The zero-order valence-electron chi connectivity index (χ0n) is 9.92. The summed E-state index contributed by atoms with van der Waals surface area (Å²) < 4.78 is 42.7. The first kappa shape index (κ1) is 13.8. The first-order valence-corrected chi connectivity index (χ1v) is 5.09. The predicted octanol–water partition coefficient (Wildman–Crippen LogP) is 1.39. The van der Waals surface area contributed by atoms with Crippen LogP contribution in [0.4, 0.5) is 13.2 Å². The lowest BCUT2D eigenvalue weighted by molar-refractivity contribution is -0.141. The van der Waals surface area contributed by atoms with Gasteiger partial charge in [-0.1, -0.05) is 0 Å². The molecule has 0 aromatic carbocycles. The Labute approximate surface area is 109 Å². The second-order valence-corrected chi connectivity index (χ2v) is 3.56. The van der Waals surface area contributed by atoms with Gasteiger partial charge in [0.2, 0.25) is 5.88 Å². The van der Waals surface area contributed by atoms with Crippen molar-refractivity contribution in [3.05, 3.63) is 29.8 Å². The fourth-order valence-electron chi connectivity index (χ4n) is 1.36. The molecule has 7 nitrogen and oxygen atoms in total. The first-order valence-electron chi connectivity index (χ1n) is 5.09. The lowest BCUT2D eigenvalue weighted by Gasteiger charge is -2.05. The van der Waals surface area contributed by atoms with Crippen molar-refractivity contribution >= 4 is 5.97 Å². The van der Waals surface area contributed by atoms with E-state index < -0.39 is 17.8 Å². The van der Waals surface area contributed by atoms with Crippen molar-refractivity contribution in [1.29, 1.82) is 0 Å². The summed E-state index contributed by atoms with van der Waals surface area (Å²) in [7, 11) is 1.22. The monoisotopic (exact) mass is 288 g/mol. The molecule has 0 spiro atoms. The van der Waals surface area contributed by atoms with E-state index in [0.29, 0.717) is 6.20 Å². The molecule has 0 saturated heterocycles. The van der Waals surface area contributed by atoms with E-state index in [1.807, 2.05) is 0 Å². The van der Waals surface area contributed by atoms with Crippen molar-refractivity contribution in [1.82, 2.24) is 19.7 Å². The largest absolute Gasteiger partial charge is 0.479 e. The van der Waals surface area contributed by atoms with Crippen LogP contribution in [0, 0.1) is 0 Å². The smallest absolute Gasteiger partial charge is 0.434 e. The molecule has 0 amide bonds. The van der Waals surface area contributed by atoms with Crippen molar-refractivity contribution in [3.8, 4) is 11.7 Å². The lowest BCUT2D eigenvalue weighted by Crippen LogP contribution is -2.10. The number of carboxylic acids is 1.